The third-order valence-electron chi connectivity index (χ3n) is 6.90. The molecule has 1 saturated heterocycles. The molecule has 0 saturated carbocycles. The molecule has 8 heteroatoms. The fourth-order valence-corrected chi connectivity index (χ4v) is 8.96. The van der Waals surface area contributed by atoms with E-state index in [0.29, 0.717) is 13.2 Å². The molecule has 3 heterocycles. The quantitative estimate of drug-likeness (QED) is 0.579. The van der Waals surface area contributed by atoms with Crippen LogP contribution in [-0.4, -0.2) is 63.2 Å². The Morgan fingerprint density at radius 2 is 1.73 bits per heavy atom. The topological polar surface area (TPSA) is 52.9 Å². The molecule has 0 aromatic heterocycles. The van der Waals surface area contributed by atoms with Crippen LogP contribution in [0.5, 0.6) is 5.75 Å². The lowest BCUT2D eigenvalue weighted by atomic mass is 9.84. The van der Waals surface area contributed by atoms with Crippen LogP contribution in [0.15, 0.2) is 69.4 Å². The highest BCUT2D eigenvalue weighted by molar-refractivity contribution is 7.67. The largest absolute Gasteiger partial charge is 0.494 e. The van der Waals surface area contributed by atoms with E-state index in [1.165, 1.54) is 22.3 Å². The van der Waals surface area contributed by atoms with Gasteiger partial charge in [0.05, 0.1) is 31.9 Å². The Morgan fingerprint density at radius 3 is 2.45 bits per heavy atom. The average molecular weight is 466 g/mol. The molecule has 3 aliphatic heterocycles. The summed E-state index contributed by atoms with van der Waals surface area (Å²) in [6, 6.07) is 16.7. The van der Waals surface area contributed by atoms with Gasteiger partial charge < -0.3 is 14.4 Å². The van der Waals surface area contributed by atoms with Gasteiger partial charge in [-0.25, -0.2) is 14.2 Å². The van der Waals surface area contributed by atoms with E-state index in [0.717, 1.165) is 24.5 Å². The maximum absolute atomic E-state index is 5.73. The fourth-order valence-electron chi connectivity index (χ4n) is 5.31. The van der Waals surface area contributed by atoms with Crippen LogP contribution in [0.25, 0.3) is 0 Å². The summed E-state index contributed by atoms with van der Waals surface area (Å²) in [5.74, 6) is 0.775. The number of methoxy groups -OCH3 is 1. The van der Waals surface area contributed by atoms with E-state index >= 15 is 0 Å². The van der Waals surface area contributed by atoms with E-state index in [1.807, 2.05) is 30.5 Å². The van der Waals surface area contributed by atoms with Gasteiger partial charge >= 0.3 is 0 Å². The predicted octanol–water partition coefficient (Wildman–Crippen LogP) is 5.26. The Morgan fingerprint density at radius 1 is 1.03 bits per heavy atom. The van der Waals surface area contributed by atoms with Gasteiger partial charge in [0, 0.05) is 44.0 Å². The van der Waals surface area contributed by atoms with E-state index in [9.17, 15) is 0 Å². The molecule has 3 aliphatic rings. The molecule has 5 rings (SSSR count). The van der Waals surface area contributed by atoms with Crippen LogP contribution in [0, 0.1) is 0 Å². The molecule has 0 bridgehead atoms. The molecule has 2 aromatic carbocycles. The summed E-state index contributed by atoms with van der Waals surface area (Å²) >= 11 is 0. The van der Waals surface area contributed by atoms with E-state index in [1.54, 1.807) is 7.11 Å². The standard InChI is InChI=1S/C25H32N5O2P/c1-25(2)19-10-6-8-12-21(19)28(3)24(25)23-18-26-29(4)33(23,30-14-16-32-17-15-30)27-20-11-7-9-13-22(20)31-5/h6-13,18H,14-17H2,1-5H3. The lowest BCUT2D eigenvalue weighted by molar-refractivity contribution is 0.0725. The van der Waals surface area contributed by atoms with E-state index in [2.05, 4.69) is 66.6 Å². The molecule has 1 unspecified atom stereocenters. The van der Waals surface area contributed by atoms with Crippen molar-refractivity contribution >= 4 is 24.9 Å². The van der Waals surface area contributed by atoms with Gasteiger partial charge in [0.2, 0.25) is 0 Å². The van der Waals surface area contributed by atoms with Crippen LogP contribution < -0.4 is 9.64 Å². The van der Waals surface area contributed by atoms with Gasteiger partial charge in [-0.3, -0.25) is 0 Å². The first kappa shape index (κ1) is 22.2. The number of para-hydroxylation sites is 2. The Hall–Kier alpha value is -2.60. The third kappa shape index (κ3) is 3.33. The van der Waals surface area contributed by atoms with E-state index in [4.69, 9.17) is 19.3 Å². The lowest BCUT2D eigenvalue weighted by Gasteiger charge is -2.41. The first-order valence-electron chi connectivity index (χ1n) is 11.4. The van der Waals surface area contributed by atoms with E-state index < -0.39 is 7.36 Å². The van der Waals surface area contributed by atoms with Crippen LogP contribution in [-0.2, 0) is 10.2 Å². The number of nitrogens with zero attached hydrogens (tertiary/aromatic N) is 5. The SMILES string of the molecule is COc1ccccc1N=P1(N2CCOCC2)C(=C2N(C)c3ccccc3C2(C)C)C=NN1C. The summed E-state index contributed by atoms with van der Waals surface area (Å²) in [6.45, 7) is 7.63. The number of rotatable bonds is 3. The Balaban J connectivity index is 1.82. The zero-order valence-electron chi connectivity index (χ0n) is 20.0. The lowest BCUT2D eigenvalue weighted by Crippen LogP contribution is -2.37. The van der Waals surface area contributed by atoms with Crippen LogP contribution in [0.1, 0.15) is 19.4 Å². The summed E-state index contributed by atoms with van der Waals surface area (Å²) < 4.78 is 21.5. The molecule has 1 fully saturated rings. The van der Waals surface area contributed by atoms with Crippen molar-refractivity contribution in [2.45, 2.75) is 19.3 Å². The van der Waals surface area contributed by atoms with Gasteiger partial charge in [-0.2, -0.15) is 5.10 Å². The molecule has 0 spiro atoms. The van der Waals surface area contributed by atoms with Gasteiger partial charge in [-0.15, -0.1) is 0 Å². The molecule has 7 nitrogen and oxygen atoms in total. The highest BCUT2D eigenvalue weighted by Crippen LogP contribution is 2.69. The number of fused-ring (bicyclic) bond motifs is 1. The fraction of sp³-hybridized carbons (Fsp3) is 0.400. The molecule has 33 heavy (non-hydrogen) atoms. The van der Waals surface area contributed by atoms with Crippen molar-refractivity contribution in [3.63, 3.8) is 0 Å². The number of hydrogen-bond acceptors (Lipinski definition) is 5. The molecular formula is C25H32N5O2P. The normalized spacial score (nSPS) is 26.6. The van der Waals surface area contributed by atoms with Crippen molar-refractivity contribution in [1.82, 2.24) is 9.45 Å². The highest BCUT2D eigenvalue weighted by atomic mass is 31.2. The average Bonchev–Trinajstić information content (AvgIpc) is 3.25. The van der Waals surface area contributed by atoms with Crippen molar-refractivity contribution < 1.29 is 9.47 Å². The Labute approximate surface area is 196 Å². The van der Waals surface area contributed by atoms with Gasteiger partial charge in [0.1, 0.15) is 11.4 Å². The molecule has 0 N–H and O–H groups in total. The van der Waals surface area contributed by atoms with Gasteiger partial charge in [0.25, 0.3) is 0 Å². The van der Waals surface area contributed by atoms with Crippen molar-refractivity contribution in [2.24, 2.45) is 9.85 Å². The summed E-state index contributed by atoms with van der Waals surface area (Å²) in [6.07, 6.45) is 2.04. The molecule has 174 valence electrons. The first-order chi connectivity index (χ1) is 15.9. The third-order valence-corrected chi connectivity index (χ3v) is 10.5. The second-order valence-corrected chi connectivity index (χ2v) is 12.0. The molecule has 0 aliphatic carbocycles. The number of morpholine rings is 1. The summed E-state index contributed by atoms with van der Waals surface area (Å²) in [5, 5.41) is 6.06. The summed E-state index contributed by atoms with van der Waals surface area (Å²) in [7, 11) is 3.49. The number of hydrazone groups is 1. The molecule has 2 aromatic rings. The Bertz CT molecular complexity index is 1180. The first-order valence-corrected chi connectivity index (χ1v) is 13.0. The minimum Gasteiger partial charge on any atom is -0.494 e. The summed E-state index contributed by atoms with van der Waals surface area (Å²) in [4.78, 5) is 2.34. The zero-order chi connectivity index (χ0) is 23.2. The van der Waals surface area contributed by atoms with Crippen molar-refractivity contribution in [2.75, 3.05) is 52.4 Å². The van der Waals surface area contributed by atoms with Gasteiger partial charge in [-0.1, -0.05) is 44.2 Å². The van der Waals surface area contributed by atoms with Crippen molar-refractivity contribution in [3.05, 3.63) is 65.1 Å². The van der Waals surface area contributed by atoms with Crippen LogP contribution in [0.2, 0.25) is 0 Å². The van der Waals surface area contributed by atoms with Crippen molar-refractivity contribution in [3.8, 4) is 5.75 Å². The van der Waals surface area contributed by atoms with Gasteiger partial charge in [-0.05, 0) is 23.8 Å². The molecule has 1 atom stereocenters. The summed E-state index contributed by atoms with van der Waals surface area (Å²) in [5.41, 5.74) is 4.51. The number of anilines is 1. The maximum Gasteiger partial charge on any atom is 0.175 e. The number of ether oxygens (including phenoxy) is 2. The van der Waals surface area contributed by atoms with Crippen LogP contribution in [0.4, 0.5) is 11.4 Å². The van der Waals surface area contributed by atoms with Crippen LogP contribution >= 0.6 is 7.36 Å². The number of likely N-dealkylation sites (N-methyl/N-ethyl adjacent to an activating group) is 1. The smallest absolute Gasteiger partial charge is 0.175 e. The molecule has 0 radical (unpaired) electrons. The molecule has 0 amide bonds. The van der Waals surface area contributed by atoms with E-state index in [-0.39, 0.29) is 5.41 Å². The zero-order valence-corrected chi connectivity index (χ0v) is 20.9. The second kappa shape index (κ2) is 8.32. The van der Waals surface area contributed by atoms with Crippen molar-refractivity contribution in [1.29, 1.82) is 0 Å². The predicted molar refractivity (Wildman–Crippen MR) is 136 cm³/mol. The maximum atomic E-state index is 5.73. The number of benzene rings is 2. The highest BCUT2D eigenvalue weighted by Gasteiger charge is 2.48. The minimum atomic E-state index is -2.43. The Kier molecular flexibility index (Phi) is 5.60. The van der Waals surface area contributed by atoms with Gasteiger partial charge in [0.15, 0.2) is 7.36 Å². The van der Waals surface area contributed by atoms with Crippen LogP contribution in [0.3, 0.4) is 0 Å². The number of hydrogen-bond donors (Lipinski definition) is 0. The number of allylic oxidation sites excluding steroid dienone is 2. The second-order valence-electron chi connectivity index (χ2n) is 9.08. The molecular weight excluding hydrogens is 433 g/mol. The monoisotopic (exact) mass is 465 g/mol. The minimum absolute atomic E-state index is 0.175.